The van der Waals surface area contributed by atoms with Crippen LogP contribution in [0.1, 0.15) is 68.2 Å². The second kappa shape index (κ2) is 13.3. The minimum absolute atomic E-state index is 0.00862. The number of nitrogens with one attached hydrogen (secondary N) is 1. The number of hydrogen-bond donors (Lipinski definition) is 1. The summed E-state index contributed by atoms with van der Waals surface area (Å²) in [6.45, 7) is 1.81. The Kier molecular flexibility index (Phi) is 9.44. The first kappa shape index (κ1) is 32.0. The molecule has 2 aromatic carbocycles. The van der Waals surface area contributed by atoms with Crippen molar-refractivity contribution >= 4 is 40.8 Å². The van der Waals surface area contributed by atoms with Crippen molar-refractivity contribution in [2.75, 3.05) is 9.80 Å². The van der Waals surface area contributed by atoms with Crippen LogP contribution >= 0.6 is 11.6 Å². The Bertz CT molecular complexity index is 1650. The van der Waals surface area contributed by atoms with Crippen LogP contribution in [-0.4, -0.2) is 40.7 Å². The van der Waals surface area contributed by atoms with E-state index in [0.717, 1.165) is 11.0 Å². The zero-order valence-electron chi connectivity index (χ0n) is 24.5. The van der Waals surface area contributed by atoms with E-state index in [9.17, 15) is 28.4 Å². The van der Waals surface area contributed by atoms with Gasteiger partial charge in [-0.1, -0.05) is 36.7 Å². The van der Waals surface area contributed by atoms with Gasteiger partial charge in [0.15, 0.2) is 0 Å². The zero-order chi connectivity index (χ0) is 32.3. The monoisotopic (exact) mass is 637 g/mol. The molecule has 45 heavy (non-hydrogen) atoms. The number of carbonyl (C=O) groups excluding carboxylic acids is 3. The molecule has 8 nitrogen and oxygen atoms in total. The molecule has 2 fully saturated rings. The van der Waals surface area contributed by atoms with E-state index in [1.165, 1.54) is 29.3 Å². The van der Waals surface area contributed by atoms with E-state index < -0.39 is 60.4 Å². The molecule has 1 aliphatic carbocycles. The van der Waals surface area contributed by atoms with E-state index in [4.69, 9.17) is 11.6 Å². The third-order valence-corrected chi connectivity index (χ3v) is 8.60. The molecule has 2 atom stereocenters. The summed E-state index contributed by atoms with van der Waals surface area (Å²) >= 11 is 6.61. The topological polar surface area (TPSA) is 106 Å². The maximum atomic E-state index is 15.1. The van der Waals surface area contributed by atoms with E-state index in [-0.39, 0.29) is 53.3 Å². The third kappa shape index (κ3) is 6.96. The van der Waals surface area contributed by atoms with Crippen molar-refractivity contribution in [1.29, 1.82) is 5.26 Å². The van der Waals surface area contributed by atoms with Crippen LogP contribution in [0.4, 0.5) is 24.7 Å². The molecule has 12 heteroatoms. The van der Waals surface area contributed by atoms with E-state index >= 15 is 4.39 Å². The second-order valence-electron chi connectivity index (χ2n) is 11.3. The van der Waals surface area contributed by atoms with Crippen molar-refractivity contribution in [3.63, 3.8) is 0 Å². The van der Waals surface area contributed by atoms with Crippen LogP contribution in [0.2, 0.25) is 5.02 Å². The van der Waals surface area contributed by atoms with Crippen LogP contribution in [0.3, 0.4) is 0 Å². The Morgan fingerprint density at radius 1 is 1.16 bits per heavy atom. The molecule has 0 bridgehead atoms. The molecule has 5 rings (SSSR count). The van der Waals surface area contributed by atoms with Crippen molar-refractivity contribution in [3.8, 4) is 6.07 Å². The summed E-state index contributed by atoms with van der Waals surface area (Å²) in [5, 5.41) is 12.4. The van der Waals surface area contributed by atoms with Gasteiger partial charge in [-0.25, -0.2) is 18.2 Å². The van der Waals surface area contributed by atoms with Gasteiger partial charge < -0.3 is 5.32 Å². The van der Waals surface area contributed by atoms with Crippen LogP contribution in [-0.2, 0) is 20.8 Å². The molecule has 3 aromatic rings. The summed E-state index contributed by atoms with van der Waals surface area (Å²) in [5.41, 5.74) is 1.07. The van der Waals surface area contributed by atoms with Gasteiger partial charge in [-0.2, -0.15) is 5.26 Å². The largest absolute Gasteiger partial charge is 0.351 e. The van der Waals surface area contributed by atoms with Crippen molar-refractivity contribution < 1.29 is 27.6 Å². The van der Waals surface area contributed by atoms with Crippen LogP contribution in [0.25, 0.3) is 0 Å². The number of hydrogen-bond acceptors (Lipinski definition) is 5. The quantitative estimate of drug-likeness (QED) is 0.313. The van der Waals surface area contributed by atoms with Crippen molar-refractivity contribution in [1.82, 2.24) is 10.3 Å². The predicted octanol–water partition coefficient (Wildman–Crippen LogP) is 6.27. The number of pyridine rings is 1. The number of rotatable bonds is 8. The maximum Gasteiger partial charge on any atom is 0.251 e. The normalized spacial score (nSPS) is 18.7. The number of anilines is 2. The van der Waals surface area contributed by atoms with E-state index in [1.54, 1.807) is 30.3 Å². The number of carbonyl (C=O) groups is 3. The van der Waals surface area contributed by atoms with Gasteiger partial charge in [0.1, 0.15) is 23.7 Å². The maximum absolute atomic E-state index is 15.1. The molecule has 1 unspecified atom stereocenters. The lowest BCUT2D eigenvalue weighted by Crippen LogP contribution is -2.53. The molecule has 1 aromatic heterocycles. The fraction of sp³-hybridized carbons (Fsp3) is 0.364. The summed E-state index contributed by atoms with van der Waals surface area (Å²) < 4.78 is 42.9. The van der Waals surface area contributed by atoms with Gasteiger partial charge in [-0.3, -0.25) is 24.2 Å². The van der Waals surface area contributed by atoms with Gasteiger partial charge in [0.05, 0.1) is 11.6 Å². The van der Waals surface area contributed by atoms with Crippen LogP contribution in [0.15, 0.2) is 60.8 Å². The van der Waals surface area contributed by atoms with Crippen molar-refractivity contribution in [2.45, 2.75) is 75.9 Å². The smallest absolute Gasteiger partial charge is 0.251 e. The summed E-state index contributed by atoms with van der Waals surface area (Å²) in [5.74, 6) is -5.17. The van der Waals surface area contributed by atoms with Gasteiger partial charge in [-0.05, 0) is 67.6 Å². The first-order valence-electron chi connectivity index (χ1n) is 14.7. The van der Waals surface area contributed by atoms with Gasteiger partial charge in [0.2, 0.25) is 17.7 Å². The minimum atomic E-state index is -2.82. The third-order valence-electron chi connectivity index (χ3n) is 8.25. The lowest BCUT2D eigenvalue weighted by Gasteiger charge is -2.37. The minimum Gasteiger partial charge on any atom is -0.351 e. The van der Waals surface area contributed by atoms with Gasteiger partial charge in [0, 0.05) is 47.8 Å². The lowest BCUT2D eigenvalue weighted by molar-refractivity contribution is -0.128. The van der Waals surface area contributed by atoms with Crippen LogP contribution in [0.5, 0.6) is 0 Å². The molecule has 2 heterocycles. The molecular weight excluding hydrogens is 607 g/mol. The first-order valence-corrected chi connectivity index (χ1v) is 15.1. The van der Waals surface area contributed by atoms with E-state index in [0.29, 0.717) is 12.0 Å². The fourth-order valence-corrected chi connectivity index (χ4v) is 6.16. The molecular formula is C33H31ClF3N5O3. The van der Waals surface area contributed by atoms with Crippen molar-refractivity contribution in [3.05, 3.63) is 88.3 Å². The Hall–Kier alpha value is -4.43. The SMILES string of the molecule is CCc1cc(F)cc(N(C(=O)[C@@H]2CCC(=O)N2c2cc(C#N)ccn2)C(C(=O)NC2CCC(F)(F)CC2)c2ccccc2Cl)c1. The highest BCUT2D eigenvalue weighted by molar-refractivity contribution is 6.31. The number of benzene rings is 2. The number of nitriles is 1. The summed E-state index contributed by atoms with van der Waals surface area (Å²) in [4.78, 5) is 48.7. The molecule has 0 spiro atoms. The molecule has 1 aliphatic heterocycles. The highest BCUT2D eigenvalue weighted by Gasteiger charge is 2.45. The second-order valence-corrected chi connectivity index (χ2v) is 11.7. The highest BCUT2D eigenvalue weighted by Crippen LogP contribution is 2.38. The van der Waals surface area contributed by atoms with Crippen LogP contribution < -0.4 is 15.1 Å². The van der Waals surface area contributed by atoms with E-state index in [1.807, 2.05) is 13.0 Å². The first-order chi connectivity index (χ1) is 21.5. The Morgan fingerprint density at radius 2 is 1.89 bits per heavy atom. The standard InChI is InChI=1S/C33H31ClF3N5O3/c1-2-20-15-22(35)18-24(16-20)41(32(45)27-7-8-29(43)42(27)28-17-21(19-38)11-14-39-28)30(25-5-3-4-6-26(25)34)31(44)40-23-9-12-33(36,37)13-10-23/h3-6,11,14-18,23,27,30H,2,7-10,12-13H2,1H3,(H,40,44)/t27-,30?/m0/s1. The fourth-order valence-electron chi connectivity index (χ4n) is 5.92. The highest BCUT2D eigenvalue weighted by atomic mass is 35.5. The number of nitrogens with zero attached hydrogens (tertiary/aromatic N) is 4. The number of amides is 3. The average molecular weight is 638 g/mol. The summed E-state index contributed by atoms with van der Waals surface area (Å²) in [7, 11) is 0. The molecule has 1 saturated heterocycles. The number of aryl methyl sites for hydroxylation is 1. The summed E-state index contributed by atoms with van der Waals surface area (Å²) in [6.07, 6.45) is 1.12. The number of alkyl halides is 2. The number of halogens is 4. The van der Waals surface area contributed by atoms with Gasteiger partial charge >= 0.3 is 0 Å². The molecule has 1 N–H and O–H groups in total. The average Bonchev–Trinajstić information content (AvgIpc) is 3.41. The molecule has 3 amide bonds. The van der Waals surface area contributed by atoms with E-state index in [2.05, 4.69) is 10.3 Å². The van der Waals surface area contributed by atoms with Crippen molar-refractivity contribution in [2.24, 2.45) is 0 Å². The molecule has 1 saturated carbocycles. The Morgan fingerprint density at radius 3 is 2.58 bits per heavy atom. The van der Waals surface area contributed by atoms with Gasteiger partial charge in [0.25, 0.3) is 5.91 Å². The summed E-state index contributed by atoms with van der Waals surface area (Å²) in [6, 6.07) is 12.1. The lowest BCUT2D eigenvalue weighted by atomic mass is 9.91. The Balaban J connectivity index is 1.63. The van der Waals surface area contributed by atoms with Gasteiger partial charge in [-0.15, -0.1) is 0 Å². The molecule has 234 valence electrons. The predicted molar refractivity (Wildman–Crippen MR) is 162 cm³/mol. The zero-order valence-corrected chi connectivity index (χ0v) is 25.2. The number of aromatic nitrogens is 1. The van der Waals surface area contributed by atoms with Crippen LogP contribution in [0, 0.1) is 17.1 Å². The molecule has 0 radical (unpaired) electrons. The molecule has 2 aliphatic rings. The Labute approximate surface area is 263 Å².